The van der Waals surface area contributed by atoms with Gasteiger partial charge in [0.25, 0.3) is 0 Å². The molecule has 0 radical (unpaired) electrons. The Balaban J connectivity index is 2.41. The number of carboxylic acid groups (broad SMARTS) is 1. The van der Waals surface area contributed by atoms with E-state index in [0.717, 1.165) is 12.0 Å². The summed E-state index contributed by atoms with van der Waals surface area (Å²) in [6.07, 6.45) is 2.52. The summed E-state index contributed by atoms with van der Waals surface area (Å²) in [6.45, 7) is 4.50. The third kappa shape index (κ3) is 4.75. The minimum absolute atomic E-state index is 0.0720. The first kappa shape index (κ1) is 14.5. The zero-order valence-corrected chi connectivity index (χ0v) is 10.8. The zero-order valence-electron chi connectivity index (χ0n) is 10.8. The van der Waals surface area contributed by atoms with Gasteiger partial charge in [0.1, 0.15) is 0 Å². The number of carbonyl (C=O) groups excluding carboxylic acids is 1. The van der Waals surface area contributed by atoms with Gasteiger partial charge < -0.3 is 20.4 Å². The maximum atomic E-state index is 11.8. The van der Waals surface area contributed by atoms with Crippen molar-refractivity contribution in [2.45, 2.75) is 32.3 Å². The van der Waals surface area contributed by atoms with E-state index in [4.69, 9.17) is 5.11 Å². The molecule has 0 aliphatic carbocycles. The van der Waals surface area contributed by atoms with Crippen molar-refractivity contribution in [2.24, 2.45) is 0 Å². The van der Waals surface area contributed by atoms with Crippen LogP contribution in [0.25, 0.3) is 0 Å². The molecule has 6 heteroatoms. The van der Waals surface area contributed by atoms with Crippen molar-refractivity contribution in [3.8, 4) is 0 Å². The third-order valence-electron chi connectivity index (χ3n) is 2.77. The molecule has 1 rings (SSSR count). The van der Waals surface area contributed by atoms with Crippen LogP contribution in [0.3, 0.4) is 0 Å². The Bertz CT molecular complexity index is 363. The van der Waals surface area contributed by atoms with Crippen molar-refractivity contribution in [2.75, 3.05) is 19.6 Å². The molecule has 2 amide bonds. The first-order valence-electron chi connectivity index (χ1n) is 5.93. The van der Waals surface area contributed by atoms with Gasteiger partial charge in [-0.3, -0.25) is 4.79 Å². The SMILES string of the molecule is CC1=CCCN(C(=O)NCC(C)(O)CC(=O)O)C1. The highest BCUT2D eigenvalue weighted by molar-refractivity contribution is 5.75. The van der Waals surface area contributed by atoms with Gasteiger partial charge in [-0.25, -0.2) is 4.79 Å². The molecule has 102 valence electrons. The molecule has 1 aliphatic heterocycles. The Morgan fingerprint density at radius 3 is 2.78 bits per heavy atom. The molecule has 0 saturated carbocycles. The smallest absolute Gasteiger partial charge is 0.317 e. The summed E-state index contributed by atoms with van der Waals surface area (Å²) in [6, 6.07) is -0.270. The summed E-state index contributed by atoms with van der Waals surface area (Å²) in [4.78, 5) is 24.0. The molecule has 0 spiro atoms. The highest BCUT2D eigenvalue weighted by Crippen LogP contribution is 2.10. The number of urea groups is 1. The predicted octanol–water partition coefficient (Wildman–Crippen LogP) is 0.574. The monoisotopic (exact) mass is 256 g/mol. The predicted molar refractivity (Wildman–Crippen MR) is 66.2 cm³/mol. The van der Waals surface area contributed by atoms with Crippen molar-refractivity contribution in [3.05, 3.63) is 11.6 Å². The van der Waals surface area contributed by atoms with Crippen LogP contribution >= 0.6 is 0 Å². The van der Waals surface area contributed by atoms with Crippen molar-refractivity contribution >= 4 is 12.0 Å². The van der Waals surface area contributed by atoms with E-state index in [-0.39, 0.29) is 12.6 Å². The fraction of sp³-hybridized carbons (Fsp3) is 0.667. The Hall–Kier alpha value is -1.56. The second-order valence-corrected chi connectivity index (χ2v) is 4.99. The minimum atomic E-state index is -1.43. The molecule has 6 nitrogen and oxygen atoms in total. The average molecular weight is 256 g/mol. The van der Waals surface area contributed by atoms with E-state index in [0.29, 0.717) is 13.1 Å². The van der Waals surface area contributed by atoms with Crippen molar-refractivity contribution in [1.82, 2.24) is 10.2 Å². The number of aliphatic hydroxyl groups is 1. The number of hydrogen-bond acceptors (Lipinski definition) is 3. The first-order chi connectivity index (χ1) is 8.30. The fourth-order valence-corrected chi connectivity index (χ4v) is 1.85. The molecule has 1 aliphatic rings. The number of nitrogens with zero attached hydrogens (tertiary/aromatic N) is 1. The molecule has 0 aromatic heterocycles. The van der Waals surface area contributed by atoms with Gasteiger partial charge in [-0.05, 0) is 20.3 Å². The number of aliphatic carboxylic acids is 1. The van der Waals surface area contributed by atoms with Crippen LogP contribution in [0.15, 0.2) is 11.6 Å². The Morgan fingerprint density at radius 2 is 2.22 bits per heavy atom. The zero-order chi connectivity index (χ0) is 13.8. The molecule has 18 heavy (non-hydrogen) atoms. The first-order valence-corrected chi connectivity index (χ1v) is 5.93. The molecule has 1 atom stereocenters. The van der Waals surface area contributed by atoms with E-state index in [2.05, 4.69) is 11.4 Å². The van der Waals surface area contributed by atoms with Gasteiger partial charge in [0.05, 0.1) is 12.0 Å². The molecular formula is C12H20N2O4. The summed E-state index contributed by atoms with van der Waals surface area (Å²) in [5.41, 5.74) is -0.295. The standard InChI is InChI=1S/C12H20N2O4/c1-9-4-3-5-14(7-9)11(17)13-8-12(2,18)6-10(15)16/h4,18H,3,5-8H2,1-2H3,(H,13,17)(H,15,16). The lowest BCUT2D eigenvalue weighted by molar-refractivity contribution is -0.141. The second kappa shape index (κ2) is 5.86. The van der Waals surface area contributed by atoms with E-state index in [1.54, 1.807) is 4.90 Å². The molecule has 1 heterocycles. The lowest BCUT2D eigenvalue weighted by Gasteiger charge is -2.28. The summed E-state index contributed by atoms with van der Waals surface area (Å²) in [7, 11) is 0. The summed E-state index contributed by atoms with van der Waals surface area (Å²) < 4.78 is 0. The van der Waals surface area contributed by atoms with Gasteiger partial charge in [0.15, 0.2) is 0 Å². The lowest BCUT2D eigenvalue weighted by Crippen LogP contribution is -2.48. The van der Waals surface area contributed by atoms with E-state index in [1.807, 2.05) is 6.92 Å². The highest BCUT2D eigenvalue weighted by Gasteiger charge is 2.26. The van der Waals surface area contributed by atoms with Crippen LogP contribution in [0.2, 0.25) is 0 Å². The van der Waals surface area contributed by atoms with E-state index in [9.17, 15) is 14.7 Å². The van der Waals surface area contributed by atoms with Gasteiger partial charge in [-0.15, -0.1) is 0 Å². The topological polar surface area (TPSA) is 89.9 Å². The van der Waals surface area contributed by atoms with E-state index < -0.39 is 18.0 Å². The number of hydrogen-bond donors (Lipinski definition) is 3. The van der Waals surface area contributed by atoms with Crippen molar-refractivity contribution in [1.29, 1.82) is 0 Å². The van der Waals surface area contributed by atoms with Gasteiger partial charge in [0.2, 0.25) is 0 Å². The van der Waals surface area contributed by atoms with Gasteiger partial charge in [0, 0.05) is 19.6 Å². The van der Waals surface area contributed by atoms with Crippen LogP contribution in [0.4, 0.5) is 4.79 Å². The van der Waals surface area contributed by atoms with Gasteiger partial charge in [-0.1, -0.05) is 11.6 Å². The van der Waals surface area contributed by atoms with Crippen LogP contribution < -0.4 is 5.32 Å². The summed E-state index contributed by atoms with van der Waals surface area (Å²) in [5.74, 6) is -1.09. The maximum absolute atomic E-state index is 11.8. The molecule has 0 aromatic rings. The number of amides is 2. The number of nitrogens with one attached hydrogen (secondary N) is 1. The molecule has 0 aromatic carbocycles. The molecule has 0 bridgehead atoms. The number of carboxylic acids is 1. The van der Waals surface area contributed by atoms with Crippen LogP contribution in [-0.2, 0) is 4.79 Å². The van der Waals surface area contributed by atoms with Gasteiger partial charge in [-0.2, -0.15) is 0 Å². The molecule has 0 fully saturated rings. The maximum Gasteiger partial charge on any atom is 0.317 e. The second-order valence-electron chi connectivity index (χ2n) is 4.99. The molecule has 0 saturated heterocycles. The molecular weight excluding hydrogens is 236 g/mol. The van der Waals surface area contributed by atoms with Crippen LogP contribution in [0, 0.1) is 0 Å². The Morgan fingerprint density at radius 1 is 1.56 bits per heavy atom. The highest BCUT2D eigenvalue weighted by atomic mass is 16.4. The lowest BCUT2D eigenvalue weighted by atomic mass is 10.0. The van der Waals surface area contributed by atoms with Crippen LogP contribution in [0.5, 0.6) is 0 Å². The Kier molecular flexibility index (Phi) is 4.72. The van der Waals surface area contributed by atoms with Crippen LogP contribution in [-0.4, -0.2) is 52.3 Å². The van der Waals surface area contributed by atoms with Crippen molar-refractivity contribution < 1.29 is 19.8 Å². The van der Waals surface area contributed by atoms with E-state index in [1.165, 1.54) is 6.92 Å². The summed E-state index contributed by atoms with van der Waals surface area (Å²) in [5, 5.41) is 20.9. The van der Waals surface area contributed by atoms with Crippen molar-refractivity contribution in [3.63, 3.8) is 0 Å². The minimum Gasteiger partial charge on any atom is -0.481 e. The third-order valence-corrected chi connectivity index (χ3v) is 2.77. The molecule has 1 unspecified atom stereocenters. The quantitative estimate of drug-likeness (QED) is 0.642. The average Bonchev–Trinajstić information content (AvgIpc) is 2.24. The molecule has 3 N–H and O–H groups in total. The number of rotatable bonds is 4. The summed E-state index contributed by atoms with van der Waals surface area (Å²) >= 11 is 0. The Labute approximate surface area is 106 Å². The normalized spacial score (nSPS) is 18.8. The largest absolute Gasteiger partial charge is 0.481 e. The fourth-order valence-electron chi connectivity index (χ4n) is 1.85. The van der Waals surface area contributed by atoms with Gasteiger partial charge >= 0.3 is 12.0 Å². The van der Waals surface area contributed by atoms with E-state index >= 15 is 0 Å². The van der Waals surface area contributed by atoms with Crippen LogP contribution in [0.1, 0.15) is 26.7 Å². The number of carbonyl (C=O) groups is 2.